The zero-order chi connectivity index (χ0) is 17.2. The van der Waals surface area contributed by atoms with E-state index in [-0.39, 0.29) is 17.9 Å². The first-order valence-electron chi connectivity index (χ1n) is 8.73. The van der Waals surface area contributed by atoms with Crippen LogP contribution in [0.2, 0.25) is 0 Å². The number of anilines is 2. The van der Waals surface area contributed by atoms with Gasteiger partial charge in [-0.15, -0.1) is 0 Å². The van der Waals surface area contributed by atoms with Crippen LogP contribution < -0.4 is 16.0 Å². The van der Waals surface area contributed by atoms with Crippen molar-refractivity contribution in [2.24, 2.45) is 0 Å². The van der Waals surface area contributed by atoms with E-state index in [4.69, 9.17) is 0 Å². The lowest BCUT2D eigenvalue weighted by atomic mass is 9.84. The van der Waals surface area contributed by atoms with Crippen LogP contribution >= 0.6 is 0 Å². The molecule has 1 atom stereocenters. The zero-order valence-corrected chi connectivity index (χ0v) is 14.4. The van der Waals surface area contributed by atoms with Crippen LogP contribution in [0.5, 0.6) is 0 Å². The molecule has 1 unspecified atom stereocenters. The van der Waals surface area contributed by atoms with Gasteiger partial charge in [-0.05, 0) is 38.3 Å². The third-order valence-electron chi connectivity index (χ3n) is 5.08. The minimum atomic E-state index is -0.558. The van der Waals surface area contributed by atoms with Crippen LogP contribution in [-0.2, 0) is 9.59 Å². The first-order chi connectivity index (χ1) is 11.5. The van der Waals surface area contributed by atoms with Gasteiger partial charge >= 0.3 is 0 Å². The SMILES string of the molecule is CCC(C)NC(=O)CN1CCC2(CC1)Nc1ccccc1NC2=O. The summed E-state index contributed by atoms with van der Waals surface area (Å²) in [5.74, 6) is 0.0941. The van der Waals surface area contributed by atoms with Gasteiger partial charge in [0.25, 0.3) is 0 Å². The lowest BCUT2D eigenvalue weighted by Gasteiger charge is -2.44. The van der Waals surface area contributed by atoms with E-state index in [9.17, 15) is 9.59 Å². The van der Waals surface area contributed by atoms with Gasteiger partial charge in [-0.2, -0.15) is 0 Å². The third-order valence-corrected chi connectivity index (χ3v) is 5.08. The van der Waals surface area contributed by atoms with E-state index >= 15 is 0 Å². The molecular formula is C18H26N4O2. The van der Waals surface area contributed by atoms with Crippen molar-refractivity contribution in [1.29, 1.82) is 0 Å². The molecule has 1 fully saturated rings. The molecule has 1 aromatic carbocycles. The zero-order valence-electron chi connectivity index (χ0n) is 14.4. The van der Waals surface area contributed by atoms with E-state index in [1.807, 2.05) is 31.2 Å². The first-order valence-corrected chi connectivity index (χ1v) is 8.73. The molecule has 130 valence electrons. The summed E-state index contributed by atoms with van der Waals surface area (Å²) in [5, 5.41) is 9.44. The maximum Gasteiger partial charge on any atom is 0.250 e. The number of carbonyl (C=O) groups excluding carboxylic acids is 2. The largest absolute Gasteiger partial charge is 0.369 e. The van der Waals surface area contributed by atoms with E-state index in [1.54, 1.807) is 0 Å². The number of para-hydroxylation sites is 2. The fourth-order valence-corrected chi connectivity index (χ4v) is 3.33. The summed E-state index contributed by atoms with van der Waals surface area (Å²) >= 11 is 0. The monoisotopic (exact) mass is 330 g/mol. The van der Waals surface area contributed by atoms with Gasteiger partial charge in [-0.1, -0.05) is 19.1 Å². The number of hydrogen-bond acceptors (Lipinski definition) is 4. The number of carbonyl (C=O) groups is 2. The summed E-state index contributed by atoms with van der Waals surface area (Å²) in [5.41, 5.74) is 1.25. The van der Waals surface area contributed by atoms with Crippen molar-refractivity contribution >= 4 is 23.2 Å². The molecule has 6 heteroatoms. The van der Waals surface area contributed by atoms with Crippen LogP contribution in [-0.4, -0.2) is 47.9 Å². The van der Waals surface area contributed by atoms with Gasteiger partial charge in [-0.3, -0.25) is 14.5 Å². The molecule has 0 bridgehead atoms. The third kappa shape index (κ3) is 3.38. The fraction of sp³-hybridized carbons (Fsp3) is 0.556. The molecule has 2 aliphatic heterocycles. The highest BCUT2D eigenvalue weighted by atomic mass is 16.2. The summed E-state index contributed by atoms with van der Waals surface area (Å²) in [6.45, 7) is 5.93. The second kappa shape index (κ2) is 6.81. The van der Waals surface area contributed by atoms with E-state index in [0.29, 0.717) is 19.4 Å². The Bertz CT molecular complexity index is 623. The summed E-state index contributed by atoms with van der Waals surface area (Å²) < 4.78 is 0. The number of piperidine rings is 1. The number of rotatable bonds is 4. The quantitative estimate of drug-likeness (QED) is 0.787. The number of fused-ring (bicyclic) bond motifs is 1. The second-order valence-corrected chi connectivity index (χ2v) is 6.86. The number of benzene rings is 1. The van der Waals surface area contributed by atoms with Crippen molar-refractivity contribution in [3.8, 4) is 0 Å². The predicted octanol–water partition coefficient (Wildman–Crippen LogP) is 1.80. The van der Waals surface area contributed by atoms with Crippen LogP contribution in [0.1, 0.15) is 33.1 Å². The van der Waals surface area contributed by atoms with Gasteiger partial charge in [-0.25, -0.2) is 0 Å². The fourth-order valence-electron chi connectivity index (χ4n) is 3.33. The Labute approximate surface area is 143 Å². The number of hydrogen-bond donors (Lipinski definition) is 3. The molecule has 0 aliphatic carbocycles. The molecular weight excluding hydrogens is 304 g/mol. The van der Waals surface area contributed by atoms with Gasteiger partial charge in [0.1, 0.15) is 5.54 Å². The smallest absolute Gasteiger partial charge is 0.250 e. The van der Waals surface area contributed by atoms with Gasteiger partial charge in [0.05, 0.1) is 17.9 Å². The average Bonchev–Trinajstić information content (AvgIpc) is 2.58. The Balaban J connectivity index is 1.59. The molecule has 6 nitrogen and oxygen atoms in total. The van der Waals surface area contributed by atoms with Crippen LogP contribution in [0.3, 0.4) is 0 Å². The Morgan fingerprint density at radius 2 is 1.96 bits per heavy atom. The maximum absolute atomic E-state index is 12.6. The Morgan fingerprint density at radius 3 is 2.62 bits per heavy atom. The normalized spacial score (nSPS) is 20.7. The van der Waals surface area contributed by atoms with Crippen LogP contribution in [0.4, 0.5) is 11.4 Å². The molecule has 24 heavy (non-hydrogen) atoms. The van der Waals surface area contributed by atoms with Crippen molar-refractivity contribution < 1.29 is 9.59 Å². The highest BCUT2D eigenvalue weighted by Gasteiger charge is 2.44. The van der Waals surface area contributed by atoms with Crippen molar-refractivity contribution in [2.75, 3.05) is 30.3 Å². The summed E-state index contributed by atoms with van der Waals surface area (Å²) in [4.78, 5) is 26.7. The minimum Gasteiger partial charge on any atom is -0.369 e. The molecule has 3 N–H and O–H groups in total. The highest BCUT2D eigenvalue weighted by molar-refractivity contribution is 6.06. The topological polar surface area (TPSA) is 73.5 Å². The molecule has 3 rings (SSSR count). The molecule has 0 aromatic heterocycles. The van der Waals surface area contributed by atoms with Crippen molar-refractivity contribution in [3.05, 3.63) is 24.3 Å². The second-order valence-electron chi connectivity index (χ2n) is 6.86. The van der Waals surface area contributed by atoms with Crippen LogP contribution in [0, 0.1) is 0 Å². The molecule has 2 aliphatic rings. The van der Waals surface area contributed by atoms with Gasteiger partial charge < -0.3 is 16.0 Å². The molecule has 1 saturated heterocycles. The van der Waals surface area contributed by atoms with Crippen LogP contribution in [0.25, 0.3) is 0 Å². The van der Waals surface area contributed by atoms with E-state index in [0.717, 1.165) is 30.9 Å². The van der Waals surface area contributed by atoms with E-state index < -0.39 is 5.54 Å². The Kier molecular flexibility index (Phi) is 4.76. The Morgan fingerprint density at radius 1 is 1.29 bits per heavy atom. The molecule has 1 spiro atoms. The standard InChI is InChI=1S/C18H26N4O2/c1-3-13(2)19-16(23)12-22-10-8-18(9-11-22)17(24)20-14-6-4-5-7-15(14)21-18/h4-7,13,21H,3,8-12H2,1-2H3,(H,19,23)(H,20,24). The molecule has 2 amide bonds. The van der Waals surface area contributed by atoms with Crippen molar-refractivity contribution in [1.82, 2.24) is 10.2 Å². The first kappa shape index (κ1) is 16.8. The summed E-state index contributed by atoms with van der Waals surface area (Å²) in [7, 11) is 0. The van der Waals surface area contributed by atoms with Crippen LogP contribution in [0.15, 0.2) is 24.3 Å². The van der Waals surface area contributed by atoms with Crippen molar-refractivity contribution in [2.45, 2.75) is 44.7 Å². The molecule has 0 saturated carbocycles. The lowest BCUT2D eigenvalue weighted by Crippen LogP contribution is -2.59. The van der Waals surface area contributed by atoms with E-state index in [2.05, 4.69) is 27.8 Å². The number of amides is 2. The minimum absolute atomic E-state index is 0.0323. The predicted molar refractivity (Wildman–Crippen MR) is 95.0 cm³/mol. The van der Waals surface area contributed by atoms with Crippen molar-refractivity contribution in [3.63, 3.8) is 0 Å². The number of nitrogens with one attached hydrogen (secondary N) is 3. The highest BCUT2D eigenvalue weighted by Crippen LogP contribution is 2.36. The molecule has 1 aromatic rings. The number of nitrogens with zero attached hydrogens (tertiary/aromatic N) is 1. The van der Waals surface area contributed by atoms with Gasteiger partial charge in [0, 0.05) is 19.1 Å². The van der Waals surface area contributed by atoms with E-state index in [1.165, 1.54) is 0 Å². The average molecular weight is 330 g/mol. The van der Waals surface area contributed by atoms with Gasteiger partial charge in [0.2, 0.25) is 11.8 Å². The lowest BCUT2D eigenvalue weighted by molar-refractivity contribution is -0.124. The molecule has 0 radical (unpaired) electrons. The molecule has 2 heterocycles. The van der Waals surface area contributed by atoms with Gasteiger partial charge in [0.15, 0.2) is 0 Å². The summed E-state index contributed by atoms with van der Waals surface area (Å²) in [6, 6.07) is 7.98. The summed E-state index contributed by atoms with van der Waals surface area (Å²) in [6.07, 6.45) is 2.33. The Hall–Kier alpha value is -2.08. The number of likely N-dealkylation sites (tertiary alicyclic amines) is 1. The maximum atomic E-state index is 12.6.